The summed E-state index contributed by atoms with van der Waals surface area (Å²) >= 11 is 0. The fourth-order valence-electron chi connectivity index (χ4n) is 2.41. The average Bonchev–Trinajstić information content (AvgIpc) is 2.56. The Labute approximate surface area is 101 Å². The van der Waals surface area contributed by atoms with Crippen LogP contribution in [0.5, 0.6) is 0 Å². The Kier molecular flexibility index (Phi) is 5.87. The molecule has 3 unspecified atom stereocenters. The molecular formula is C14H26N2. The van der Waals surface area contributed by atoms with Gasteiger partial charge in [0, 0.05) is 19.1 Å². The molecule has 1 aliphatic heterocycles. The summed E-state index contributed by atoms with van der Waals surface area (Å²) in [6, 6.07) is 0.932. The SMILES string of the molecule is C#CC(CC)N1CCCNC(C(C)CC)C1. The first-order valence-electron chi connectivity index (χ1n) is 6.66. The predicted octanol–water partition coefficient (Wildman–Crippen LogP) is 2.11. The predicted molar refractivity (Wildman–Crippen MR) is 70.3 cm³/mol. The monoisotopic (exact) mass is 222 g/mol. The average molecular weight is 222 g/mol. The van der Waals surface area contributed by atoms with Gasteiger partial charge in [0.2, 0.25) is 0 Å². The van der Waals surface area contributed by atoms with Crippen LogP contribution in [0.1, 0.15) is 40.0 Å². The molecule has 92 valence electrons. The van der Waals surface area contributed by atoms with Crippen molar-refractivity contribution in [1.82, 2.24) is 10.2 Å². The molecule has 0 aromatic carbocycles. The summed E-state index contributed by atoms with van der Waals surface area (Å²) in [6.07, 6.45) is 9.11. The molecule has 2 nitrogen and oxygen atoms in total. The van der Waals surface area contributed by atoms with E-state index in [1.165, 1.54) is 12.8 Å². The van der Waals surface area contributed by atoms with E-state index in [4.69, 9.17) is 6.42 Å². The zero-order chi connectivity index (χ0) is 12.0. The molecule has 0 saturated carbocycles. The van der Waals surface area contributed by atoms with Gasteiger partial charge in [0.1, 0.15) is 0 Å². The second kappa shape index (κ2) is 6.93. The van der Waals surface area contributed by atoms with Gasteiger partial charge in [0.25, 0.3) is 0 Å². The van der Waals surface area contributed by atoms with Gasteiger partial charge in [-0.15, -0.1) is 6.42 Å². The largest absolute Gasteiger partial charge is 0.312 e. The number of rotatable bonds is 4. The Morgan fingerprint density at radius 2 is 2.19 bits per heavy atom. The van der Waals surface area contributed by atoms with Crippen LogP contribution >= 0.6 is 0 Å². The molecule has 2 heteroatoms. The highest BCUT2D eigenvalue weighted by atomic mass is 15.2. The van der Waals surface area contributed by atoms with E-state index in [1.54, 1.807) is 0 Å². The lowest BCUT2D eigenvalue weighted by atomic mass is 9.98. The summed E-state index contributed by atoms with van der Waals surface area (Å²) in [5.74, 6) is 3.66. The molecule has 1 aliphatic rings. The van der Waals surface area contributed by atoms with Gasteiger partial charge >= 0.3 is 0 Å². The molecule has 1 heterocycles. The third-order valence-corrected chi connectivity index (χ3v) is 3.81. The summed E-state index contributed by atoms with van der Waals surface area (Å²) in [5, 5.41) is 3.66. The van der Waals surface area contributed by atoms with E-state index in [9.17, 15) is 0 Å². The first-order valence-corrected chi connectivity index (χ1v) is 6.66. The fraction of sp³-hybridized carbons (Fsp3) is 0.857. The summed E-state index contributed by atoms with van der Waals surface area (Å²) in [5.41, 5.74) is 0. The second-order valence-electron chi connectivity index (χ2n) is 4.89. The summed E-state index contributed by atoms with van der Waals surface area (Å²) in [6.45, 7) is 10.2. The Hall–Kier alpha value is -0.520. The lowest BCUT2D eigenvalue weighted by Gasteiger charge is -2.31. The maximum Gasteiger partial charge on any atom is 0.0709 e. The Morgan fingerprint density at radius 3 is 2.75 bits per heavy atom. The van der Waals surface area contributed by atoms with Crippen molar-refractivity contribution in [2.75, 3.05) is 19.6 Å². The maximum atomic E-state index is 5.61. The maximum absolute atomic E-state index is 5.61. The lowest BCUT2D eigenvalue weighted by molar-refractivity contribution is 0.205. The number of hydrogen-bond donors (Lipinski definition) is 1. The summed E-state index contributed by atoms with van der Waals surface area (Å²) < 4.78 is 0. The number of hydrogen-bond acceptors (Lipinski definition) is 2. The number of nitrogens with zero attached hydrogens (tertiary/aromatic N) is 1. The van der Waals surface area contributed by atoms with Crippen LogP contribution in [-0.2, 0) is 0 Å². The van der Waals surface area contributed by atoms with Crippen LogP contribution in [0.15, 0.2) is 0 Å². The first-order chi connectivity index (χ1) is 7.72. The van der Waals surface area contributed by atoms with E-state index in [1.807, 2.05) is 0 Å². The van der Waals surface area contributed by atoms with Gasteiger partial charge in [0.05, 0.1) is 6.04 Å². The van der Waals surface area contributed by atoms with Crippen molar-refractivity contribution in [2.24, 2.45) is 5.92 Å². The zero-order valence-corrected chi connectivity index (χ0v) is 11.0. The van der Waals surface area contributed by atoms with Crippen LogP contribution in [0.3, 0.4) is 0 Å². The van der Waals surface area contributed by atoms with Gasteiger partial charge in [-0.05, 0) is 25.3 Å². The molecule has 3 atom stereocenters. The molecular weight excluding hydrogens is 196 g/mol. The molecule has 1 fully saturated rings. The highest BCUT2D eigenvalue weighted by molar-refractivity contribution is 5.00. The lowest BCUT2D eigenvalue weighted by Crippen LogP contribution is -2.45. The minimum Gasteiger partial charge on any atom is -0.312 e. The van der Waals surface area contributed by atoms with Crippen molar-refractivity contribution in [2.45, 2.75) is 52.1 Å². The Bertz CT molecular complexity index is 231. The number of terminal acetylenes is 1. The third kappa shape index (κ3) is 3.50. The molecule has 0 aromatic heterocycles. The van der Waals surface area contributed by atoms with Crippen LogP contribution in [-0.4, -0.2) is 36.6 Å². The van der Waals surface area contributed by atoms with Crippen LogP contribution in [0, 0.1) is 18.3 Å². The van der Waals surface area contributed by atoms with Gasteiger partial charge in [-0.2, -0.15) is 0 Å². The molecule has 0 spiro atoms. The van der Waals surface area contributed by atoms with Crippen molar-refractivity contribution in [3.63, 3.8) is 0 Å². The normalized spacial score (nSPS) is 26.8. The van der Waals surface area contributed by atoms with E-state index in [2.05, 4.69) is 36.9 Å². The molecule has 16 heavy (non-hydrogen) atoms. The van der Waals surface area contributed by atoms with E-state index < -0.39 is 0 Å². The zero-order valence-electron chi connectivity index (χ0n) is 11.0. The van der Waals surface area contributed by atoms with Crippen molar-refractivity contribution in [3.8, 4) is 12.3 Å². The molecule has 0 aromatic rings. The standard InChI is InChI=1S/C14H26N2/c1-5-12(4)14-11-16(10-8-9-15-14)13(6-2)7-3/h2,12-15H,5,7-11H2,1,3-4H3. The van der Waals surface area contributed by atoms with Gasteiger partial charge in [-0.25, -0.2) is 0 Å². The first kappa shape index (κ1) is 13.5. The van der Waals surface area contributed by atoms with E-state index in [0.29, 0.717) is 12.1 Å². The van der Waals surface area contributed by atoms with E-state index in [-0.39, 0.29) is 0 Å². The summed E-state index contributed by atoms with van der Waals surface area (Å²) in [4.78, 5) is 2.48. The number of nitrogens with one attached hydrogen (secondary N) is 1. The summed E-state index contributed by atoms with van der Waals surface area (Å²) in [7, 11) is 0. The molecule has 1 N–H and O–H groups in total. The highest BCUT2D eigenvalue weighted by Gasteiger charge is 2.24. The van der Waals surface area contributed by atoms with E-state index >= 15 is 0 Å². The van der Waals surface area contributed by atoms with Crippen molar-refractivity contribution in [1.29, 1.82) is 0 Å². The molecule has 0 bridgehead atoms. The smallest absolute Gasteiger partial charge is 0.0709 e. The minimum atomic E-state index is 0.325. The van der Waals surface area contributed by atoms with Crippen LogP contribution in [0.2, 0.25) is 0 Å². The molecule has 0 aliphatic carbocycles. The quantitative estimate of drug-likeness (QED) is 0.733. The molecule has 1 rings (SSSR count). The van der Waals surface area contributed by atoms with Gasteiger partial charge in [-0.1, -0.05) is 33.1 Å². The molecule has 0 amide bonds. The van der Waals surface area contributed by atoms with Crippen molar-refractivity contribution in [3.05, 3.63) is 0 Å². The second-order valence-corrected chi connectivity index (χ2v) is 4.89. The van der Waals surface area contributed by atoms with Crippen molar-refractivity contribution >= 4 is 0 Å². The van der Waals surface area contributed by atoms with Gasteiger partial charge in [0.15, 0.2) is 0 Å². The van der Waals surface area contributed by atoms with Crippen LogP contribution in [0.4, 0.5) is 0 Å². The Balaban J connectivity index is 2.61. The highest BCUT2D eigenvalue weighted by Crippen LogP contribution is 2.15. The fourth-order valence-corrected chi connectivity index (χ4v) is 2.41. The molecule has 1 saturated heterocycles. The van der Waals surface area contributed by atoms with Gasteiger partial charge < -0.3 is 5.32 Å². The Morgan fingerprint density at radius 1 is 1.44 bits per heavy atom. The molecule has 0 radical (unpaired) electrons. The van der Waals surface area contributed by atoms with Crippen LogP contribution < -0.4 is 5.32 Å². The minimum absolute atomic E-state index is 0.325. The van der Waals surface area contributed by atoms with Crippen molar-refractivity contribution < 1.29 is 0 Å². The third-order valence-electron chi connectivity index (χ3n) is 3.81. The topological polar surface area (TPSA) is 15.3 Å². The van der Waals surface area contributed by atoms with E-state index in [0.717, 1.165) is 32.0 Å². The van der Waals surface area contributed by atoms with Gasteiger partial charge in [-0.3, -0.25) is 4.90 Å². The van der Waals surface area contributed by atoms with Crippen LogP contribution in [0.25, 0.3) is 0 Å².